The molecule has 1 atom stereocenters. The van der Waals surface area contributed by atoms with Gasteiger partial charge in [0.1, 0.15) is 17.6 Å². The van der Waals surface area contributed by atoms with Crippen LogP contribution in [0, 0.1) is 11.7 Å². The largest absolute Gasteiger partial charge is 0.484 e. The van der Waals surface area contributed by atoms with Crippen LogP contribution in [-0.4, -0.2) is 31.0 Å². The Labute approximate surface area is 158 Å². The molecule has 0 aliphatic heterocycles. The minimum absolute atomic E-state index is 0.0835. The number of rotatable bonds is 9. The quantitative estimate of drug-likeness (QED) is 0.711. The Morgan fingerprint density at radius 2 is 1.81 bits per heavy atom. The number of hydrogen-bond donors (Lipinski definition) is 2. The normalized spacial score (nSPS) is 11.7. The van der Waals surface area contributed by atoms with Crippen LogP contribution >= 0.6 is 0 Å². The van der Waals surface area contributed by atoms with Crippen molar-refractivity contribution in [1.82, 2.24) is 10.6 Å². The molecule has 0 aliphatic rings. The summed E-state index contributed by atoms with van der Waals surface area (Å²) >= 11 is 0. The second-order valence-electron chi connectivity index (χ2n) is 6.56. The first-order chi connectivity index (χ1) is 13.0. The van der Waals surface area contributed by atoms with E-state index in [0.29, 0.717) is 18.7 Å². The maximum absolute atomic E-state index is 13.2. The highest BCUT2D eigenvalue weighted by Crippen LogP contribution is 2.08. The Balaban J connectivity index is 1.80. The SMILES string of the molecule is CC(C)[C@H](NC(=O)COc1ccccc1)C(=O)NCCc1cccc(F)c1. The van der Waals surface area contributed by atoms with Crippen molar-refractivity contribution in [2.24, 2.45) is 5.92 Å². The molecule has 0 fully saturated rings. The maximum atomic E-state index is 13.2. The number of hydrogen-bond acceptors (Lipinski definition) is 3. The van der Waals surface area contributed by atoms with Gasteiger partial charge in [-0.1, -0.05) is 44.2 Å². The lowest BCUT2D eigenvalue weighted by molar-refractivity contribution is -0.131. The van der Waals surface area contributed by atoms with Gasteiger partial charge in [-0.25, -0.2) is 4.39 Å². The van der Waals surface area contributed by atoms with Crippen LogP contribution in [0.1, 0.15) is 19.4 Å². The fraction of sp³-hybridized carbons (Fsp3) is 0.333. The van der Waals surface area contributed by atoms with Gasteiger partial charge in [0.15, 0.2) is 6.61 Å². The minimum Gasteiger partial charge on any atom is -0.484 e. The molecule has 0 bridgehead atoms. The standard InChI is InChI=1S/C21H25FN2O3/c1-15(2)20(24-19(25)14-27-18-9-4-3-5-10-18)21(26)23-12-11-16-7-6-8-17(22)13-16/h3-10,13,15,20H,11-12,14H2,1-2H3,(H,23,26)(H,24,25)/t20-/m0/s1. The molecule has 144 valence electrons. The van der Waals surface area contributed by atoms with Crippen molar-refractivity contribution in [3.8, 4) is 5.75 Å². The summed E-state index contributed by atoms with van der Waals surface area (Å²) in [6, 6.07) is 14.6. The summed E-state index contributed by atoms with van der Waals surface area (Å²) < 4.78 is 18.6. The van der Waals surface area contributed by atoms with Crippen LogP contribution in [0.2, 0.25) is 0 Å². The van der Waals surface area contributed by atoms with Crippen LogP contribution in [0.4, 0.5) is 4.39 Å². The number of benzene rings is 2. The summed E-state index contributed by atoms with van der Waals surface area (Å²) in [6.07, 6.45) is 0.513. The summed E-state index contributed by atoms with van der Waals surface area (Å²) in [7, 11) is 0. The Morgan fingerprint density at radius 3 is 2.48 bits per heavy atom. The van der Waals surface area contributed by atoms with Crippen LogP contribution < -0.4 is 15.4 Å². The van der Waals surface area contributed by atoms with Gasteiger partial charge in [-0.3, -0.25) is 9.59 Å². The Hall–Kier alpha value is -2.89. The van der Waals surface area contributed by atoms with Gasteiger partial charge < -0.3 is 15.4 Å². The predicted molar refractivity (Wildman–Crippen MR) is 102 cm³/mol. The smallest absolute Gasteiger partial charge is 0.258 e. The van der Waals surface area contributed by atoms with Gasteiger partial charge >= 0.3 is 0 Å². The van der Waals surface area contributed by atoms with Gasteiger partial charge in [-0.2, -0.15) is 0 Å². The van der Waals surface area contributed by atoms with E-state index in [4.69, 9.17) is 4.74 Å². The van der Waals surface area contributed by atoms with Crippen LogP contribution in [-0.2, 0) is 16.0 Å². The van der Waals surface area contributed by atoms with E-state index in [9.17, 15) is 14.0 Å². The van der Waals surface area contributed by atoms with Crippen molar-refractivity contribution in [2.75, 3.05) is 13.2 Å². The number of carbonyl (C=O) groups is 2. The van der Waals surface area contributed by atoms with E-state index in [1.165, 1.54) is 12.1 Å². The molecule has 0 unspecified atom stereocenters. The number of halogens is 1. The summed E-state index contributed by atoms with van der Waals surface area (Å²) in [5.74, 6) is -0.426. The summed E-state index contributed by atoms with van der Waals surface area (Å²) in [4.78, 5) is 24.5. The molecule has 0 aliphatic carbocycles. The van der Waals surface area contributed by atoms with Crippen molar-refractivity contribution in [3.05, 3.63) is 66.0 Å². The lowest BCUT2D eigenvalue weighted by atomic mass is 10.0. The molecule has 0 aromatic heterocycles. The highest BCUT2D eigenvalue weighted by atomic mass is 19.1. The van der Waals surface area contributed by atoms with Gasteiger partial charge in [-0.05, 0) is 42.2 Å². The summed E-state index contributed by atoms with van der Waals surface area (Å²) in [5, 5.41) is 5.50. The Kier molecular flexibility index (Phi) is 7.79. The topological polar surface area (TPSA) is 67.4 Å². The molecule has 2 aromatic carbocycles. The van der Waals surface area contributed by atoms with E-state index >= 15 is 0 Å². The molecule has 5 nitrogen and oxygen atoms in total. The number of carbonyl (C=O) groups excluding carboxylic acids is 2. The second kappa shape index (κ2) is 10.3. The molecular weight excluding hydrogens is 347 g/mol. The monoisotopic (exact) mass is 372 g/mol. The second-order valence-corrected chi connectivity index (χ2v) is 6.56. The van der Waals surface area contributed by atoms with Crippen molar-refractivity contribution < 1.29 is 18.7 Å². The molecule has 2 rings (SSSR count). The van der Waals surface area contributed by atoms with E-state index in [1.807, 2.05) is 32.0 Å². The molecule has 0 heterocycles. The Morgan fingerprint density at radius 1 is 1.07 bits per heavy atom. The van der Waals surface area contributed by atoms with Crippen LogP contribution in [0.25, 0.3) is 0 Å². The van der Waals surface area contributed by atoms with E-state index in [-0.39, 0.29) is 30.2 Å². The molecule has 0 saturated heterocycles. The van der Waals surface area contributed by atoms with E-state index < -0.39 is 6.04 Å². The molecule has 0 radical (unpaired) electrons. The van der Waals surface area contributed by atoms with Gasteiger partial charge in [0.25, 0.3) is 5.91 Å². The zero-order valence-corrected chi connectivity index (χ0v) is 15.6. The minimum atomic E-state index is -0.663. The van der Waals surface area contributed by atoms with Crippen LogP contribution in [0.5, 0.6) is 5.75 Å². The molecular formula is C21H25FN2O3. The lowest BCUT2D eigenvalue weighted by Gasteiger charge is -2.21. The third kappa shape index (κ3) is 7.09. The lowest BCUT2D eigenvalue weighted by Crippen LogP contribution is -2.51. The van der Waals surface area contributed by atoms with Crippen molar-refractivity contribution in [2.45, 2.75) is 26.3 Å². The summed E-state index contributed by atoms with van der Waals surface area (Å²) in [5.41, 5.74) is 0.802. The number of amides is 2. The molecule has 0 spiro atoms. The average Bonchev–Trinajstić information content (AvgIpc) is 2.65. The first kappa shape index (κ1) is 20.4. The summed E-state index contributed by atoms with van der Waals surface area (Å²) in [6.45, 7) is 3.91. The molecule has 6 heteroatoms. The zero-order valence-electron chi connectivity index (χ0n) is 15.6. The molecule has 2 aromatic rings. The number of ether oxygens (including phenoxy) is 1. The highest BCUT2D eigenvalue weighted by molar-refractivity contribution is 5.88. The predicted octanol–water partition coefficient (Wildman–Crippen LogP) is 2.70. The third-order valence-corrected chi connectivity index (χ3v) is 3.98. The average molecular weight is 372 g/mol. The Bertz CT molecular complexity index is 750. The van der Waals surface area contributed by atoms with Gasteiger partial charge in [0.2, 0.25) is 5.91 Å². The van der Waals surface area contributed by atoms with E-state index in [0.717, 1.165) is 5.56 Å². The first-order valence-electron chi connectivity index (χ1n) is 8.95. The molecule has 2 amide bonds. The zero-order chi connectivity index (χ0) is 19.6. The highest BCUT2D eigenvalue weighted by Gasteiger charge is 2.24. The third-order valence-electron chi connectivity index (χ3n) is 3.98. The first-order valence-corrected chi connectivity index (χ1v) is 8.95. The van der Waals surface area contributed by atoms with Crippen LogP contribution in [0.3, 0.4) is 0 Å². The van der Waals surface area contributed by atoms with Crippen LogP contribution in [0.15, 0.2) is 54.6 Å². The maximum Gasteiger partial charge on any atom is 0.258 e. The van der Waals surface area contributed by atoms with Crippen molar-refractivity contribution in [3.63, 3.8) is 0 Å². The number of nitrogens with one attached hydrogen (secondary N) is 2. The van der Waals surface area contributed by atoms with Gasteiger partial charge in [0, 0.05) is 6.54 Å². The fourth-order valence-electron chi connectivity index (χ4n) is 2.55. The molecule has 0 saturated carbocycles. The van der Waals surface area contributed by atoms with Crippen molar-refractivity contribution >= 4 is 11.8 Å². The van der Waals surface area contributed by atoms with Gasteiger partial charge in [0.05, 0.1) is 0 Å². The van der Waals surface area contributed by atoms with E-state index in [1.54, 1.807) is 24.3 Å². The molecule has 27 heavy (non-hydrogen) atoms. The van der Waals surface area contributed by atoms with E-state index in [2.05, 4.69) is 10.6 Å². The molecule has 2 N–H and O–H groups in total. The number of para-hydroxylation sites is 1. The van der Waals surface area contributed by atoms with Crippen molar-refractivity contribution in [1.29, 1.82) is 0 Å². The fourth-order valence-corrected chi connectivity index (χ4v) is 2.55. The van der Waals surface area contributed by atoms with Gasteiger partial charge in [-0.15, -0.1) is 0 Å².